The fourth-order valence-corrected chi connectivity index (χ4v) is 4.41. The standard InChI is InChI=1S/C18H22N6O/c1-11(7-19)18(25)24-8-12-5-14(6-13(12)9-24)23(2)17-15-3-4-20-16(15)21-10-22-17/h3-4,10-14H,5-6,8-9H2,1-2H3,(H,20,21,22)/t11?,12-,13?,14+/m1/s1. The van der Waals surface area contributed by atoms with E-state index < -0.39 is 5.92 Å². The van der Waals surface area contributed by atoms with Gasteiger partial charge in [0.15, 0.2) is 0 Å². The fourth-order valence-electron chi connectivity index (χ4n) is 4.41. The minimum absolute atomic E-state index is 0.0216. The van der Waals surface area contributed by atoms with Crippen molar-refractivity contribution in [2.24, 2.45) is 17.8 Å². The summed E-state index contributed by atoms with van der Waals surface area (Å²) < 4.78 is 0. The molecular weight excluding hydrogens is 316 g/mol. The third-order valence-electron chi connectivity index (χ3n) is 5.82. The van der Waals surface area contributed by atoms with Gasteiger partial charge in [-0.1, -0.05) is 0 Å². The minimum atomic E-state index is -0.541. The van der Waals surface area contributed by atoms with Gasteiger partial charge in [0.05, 0.1) is 11.5 Å². The van der Waals surface area contributed by atoms with E-state index in [0.29, 0.717) is 17.9 Å². The Kier molecular flexibility index (Phi) is 3.83. The Bertz CT molecular complexity index is 825. The average Bonchev–Trinajstić information content (AvgIpc) is 3.32. The van der Waals surface area contributed by atoms with Gasteiger partial charge < -0.3 is 14.8 Å². The molecule has 0 radical (unpaired) electrons. The Morgan fingerprint density at radius 1 is 1.40 bits per heavy atom. The number of likely N-dealkylation sites (tertiary alicyclic amines) is 1. The van der Waals surface area contributed by atoms with Crippen LogP contribution in [-0.2, 0) is 4.79 Å². The van der Waals surface area contributed by atoms with Gasteiger partial charge in [0, 0.05) is 32.4 Å². The molecule has 2 fully saturated rings. The molecule has 1 N–H and O–H groups in total. The zero-order chi connectivity index (χ0) is 17.6. The number of nitrogens with zero attached hydrogens (tertiary/aromatic N) is 5. The predicted octanol–water partition coefficient (Wildman–Crippen LogP) is 1.79. The highest BCUT2D eigenvalue weighted by Gasteiger charge is 2.44. The van der Waals surface area contributed by atoms with Crippen molar-refractivity contribution in [1.29, 1.82) is 5.26 Å². The lowest BCUT2D eigenvalue weighted by Gasteiger charge is -2.28. The highest BCUT2D eigenvalue weighted by molar-refractivity contribution is 5.87. The molecule has 1 amide bonds. The van der Waals surface area contributed by atoms with Crippen LogP contribution in [0.25, 0.3) is 11.0 Å². The Morgan fingerprint density at radius 2 is 2.12 bits per heavy atom. The van der Waals surface area contributed by atoms with Crippen LogP contribution in [0.2, 0.25) is 0 Å². The van der Waals surface area contributed by atoms with Gasteiger partial charge in [-0.05, 0) is 37.7 Å². The number of hydrogen-bond donors (Lipinski definition) is 1. The summed E-state index contributed by atoms with van der Waals surface area (Å²) in [6.07, 6.45) is 5.60. The largest absolute Gasteiger partial charge is 0.356 e. The summed E-state index contributed by atoms with van der Waals surface area (Å²) in [5.74, 6) is 1.44. The molecule has 2 aliphatic rings. The van der Waals surface area contributed by atoms with E-state index >= 15 is 0 Å². The molecule has 2 aromatic rings. The van der Waals surface area contributed by atoms with Crippen molar-refractivity contribution in [1.82, 2.24) is 19.9 Å². The first kappa shape index (κ1) is 15.9. The molecule has 1 saturated carbocycles. The number of rotatable bonds is 3. The number of carbonyl (C=O) groups excluding carboxylic acids is 1. The predicted molar refractivity (Wildman–Crippen MR) is 93.7 cm³/mol. The van der Waals surface area contributed by atoms with Crippen LogP contribution in [0.5, 0.6) is 0 Å². The highest BCUT2D eigenvalue weighted by atomic mass is 16.2. The average molecular weight is 338 g/mol. The van der Waals surface area contributed by atoms with Gasteiger partial charge in [-0.3, -0.25) is 4.79 Å². The number of nitriles is 1. The van der Waals surface area contributed by atoms with Crippen LogP contribution >= 0.6 is 0 Å². The molecule has 25 heavy (non-hydrogen) atoms. The number of fused-ring (bicyclic) bond motifs is 2. The van der Waals surface area contributed by atoms with Crippen molar-refractivity contribution in [2.45, 2.75) is 25.8 Å². The van der Waals surface area contributed by atoms with Crippen LogP contribution in [0.1, 0.15) is 19.8 Å². The van der Waals surface area contributed by atoms with E-state index in [-0.39, 0.29) is 5.91 Å². The Hall–Kier alpha value is -2.62. The maximum atomic E-state index is 12.2. The molecule has 130 valence electrons. The van der Waals surface area contributed by atoms with Crippen LogP contribution in [0, 0.1) is 29.1 Å². The van der Waals surface area contributed by atoms with Gasteiger partial charge in [0.1, 0.15) is 23.7 Å². The molecule has 1 aliphatic heterocycles. The van der Waals surface area contributed by atoms with Gasteiger partial charge in [-0.2, -0.15) is 5.26 Å². The van der Waals surface area contributed by atoms with Crippen molar-refractivity contribution in [3.05, 3.63) is 18.6 Å². The number of aromatic amines is 1. The van der Waals surface area contributed by atoms with Crippen molar-refractivity contribution in [3.8, 4) is 6.07 Å². The van der Waals surface area contributed by atoms with Crippen LogP contribution in [0.4, 0.5) is 5.82 Å². The van der Waals surface area contributed by atoms with Crippen molar-refractivity contribution >= 4 is 22.8 Å². The van der Waals surface area contributed by atoms with Crippen molar-refractivity contribution < 1.29 is 4.79 Å². The molecule has 0 bridgehead atoms. The SMILES string of the molecule is CC(C#N)C(=O)N1CC2C[C@@H](N(C)c3ncnc4[nH]ccc34)C[C@@H]2C1. The number of nitrogens with one attached hydrogen (secondary N) is 1. The summed E-state index contributed by atoms with van der Waals surface area (Å²) in [5.41, 5.74) is 0.859. The van der Waals surface area contributed by atoms with E-state index in [1.807, 2.05) is 17.2 Å². The van der Waals surface area contributed by atoms with Crippen LogP contribution < -0.4 is 4.90 Å². The number of H-pyrrole nitrogens is 1. The van der Waals surface area contributed by atoms with Crippen molar-refractivity contribution in [2.75, 3.05) is 25.0 Å². The number of carbonyl (C=O) groups is 1. The van der Waals surface area contributed by atoms with Crippen LogP contribution in [0.15, 0.2) is 18.6 Å². The second-order valence-corrected chi connectivity index (χ2v) is 7.29. The number of aromatic nitrogens is 3. The van der Waals surface area contributed by atoms with Gasteiger partial charge in [-0.25, -0.2) is 9.97 Å². The minimum Gasteiger partial charge on any atom is -0.356 e. The number of amides is 1. The fraction of sp³-hybridized carbons (Fsp3) is 0.556. The molecule has 3 heterocycles. The van der Waals surface area contributed by atoms with Gasteiger partial charge in [-0.15, -0.1) is 0 Å². The molecule has 0 spiro atoms. The molecule has 7 nitrogen and oxygen atoms in total. The Balaban J connectivity index is 1.46. The Labute approximate surface area is 146 Å². The molecular formula is C18H22N6O. The number of hydrogen-bond acceptors (Lipinski definition) is 5. The summed E-state index contributed by atoms with van der Waals surface area (Å²) in [5, 5.41) is 10.0. The molecule has 4 atom stereocenters. The maximum absolute atomic E-state index is 12.2. The summed E-state index contributed by atoms with van der Waals surface area (Å²) >= 11 is 0. The monoisotopic (exact) mass is 338 g/mol. The smallest absolute Gasteiger partial charge is 0.239 e. The first-order valence-corrected chi connectivity index (χ1v) is 8.77. The maximum Gasteiger partial charge on any atom is 0.239 e. The second-order valence-electron chi connectivity index (χ2n) is 7.29. The lowest BCUT2D eigenvalue weighted by Crippen LogP contribution is -2.36. The molecule has 1 saturated heterocycles. The molecule has 0 aromatic carbocycles. The lowest BCUT2D eigenvalue weighted by molar-refractivity contribution is -0.132. The second kappa shape index (κ2) is 6.03. The summed E-state index contributed by atoms with van der Waals surface area (Å²) in [6, 6.07) is 4.49. The summed E-state index contributed by atoms with van der Waals surface area (Å²) in [6.45, 7) is 3.25. The quantitative estimate of drug-likeness (QED) is 0.921. The van der Waals surface area contributed by atoms with Gasteiger partial charge in [0.25, 0.3) is 0 Å². The van der Waals surface area contributed by atoms with E-state index in [9.17, 15) is 4.79 Å². The molecule has 4 rings (SSSR count). The van der Waals surface area contributed by atoms with E-state index in [0.717, 1.165) is 42.8 Å². The molecule has 2 aromatic heterocycles. The first-order chi connectivity index (χ1) is 12.1. The van der Waals surface area contributed by atoms with E-state index in [1.165, 1.54) is 0 Å². The highest BCUT2D eigenvalue weighted by Crippen LogP contribution is 2.41. The van der Waals surface area contributed by atoms with Gasteiger partial charge in [0.2, 0.25) is 5.91 Å². The van der Waals surface area contributed by atoms with Gasteiger partial charge >= 0.3 is 0 Å². The zero-order valence-corrected chi connectivity index (χ0v) is 14.5. The van der Waals surface area contributed by atoms with E-state index in [4.69, 9.17) is 5.26 Å². The van der Waals surface area contributed by atoms with Crippen LogP contribution in [-0.4, -0.2) is 51.9 Å². The molecule has 7 heteroatoms. The molecule has 1 aliphatic carbocycles. The zero-order valence-electron chi connectivity index (χ0n) is 14.5. The topological polar surface area (TPSA) is 88.9 Å². The normalized spacial score (nSPS) is 26.4. The third-order valence-corrected chi connectivity index (χ3v) is 5.82. The van der Waals surface area contributed by atoms with E-state index in [1.54, 1.807) is 13.3 Å². The number of anilines is 1. The summed E-state index contributed by atoms with van der Waals surface area (Å²) in [7, 11) is 2.10. The third kappa shape index (κ3) is 2.62. The lowest BCUT2D eigenvalue weighted by atomic mass is 10.0. The summed E-state index contributed by atoms with van der Waals surface area (Å²) in [4.78, 5) is 28.3. The Morgan fingerprint density at radius 3 is 2.80 bits per heavy atom. The van der Waals surface area contributed by atoms with Crippen LogP contribution in [0.3, 0.4) is 0 Å². The van der Waals surface area contributed by atoms with Crippen molar-refractivity contribution in [3.63, 3.8) is 0 Å². The first-order valence-electron chi connectivity index (χ1n) is 8.77. The molecule has 2 unspecified atom stereocenters. The van der Waals surface area contributed by atoms with E-state index in [2.05, 4.69) is 33.0 Å².